The van der Waals surface area contributed by atoms with Crippen LogP contribution in [0.25, 0.3) is 0 Å². The number of carbonyl (C=O) groups is 4. The van der Waals surface area contributed by atoms with Gasteiger partial charge in [-0.3, -0.25) is 37.3 Å². The Morgan fingerprint density at radius 2 is 0.417 bits per heavy atom. The van der Waals surface area contributed by atoms with Gasteiger partial charge in [0.1, 0.15) is 19.3 Å². The molecule has 3 N–H and O–H groups in total. The van der Waals surface area contributed by atoms with E-state index in [1.165, 1.54) is 244 Å². The summed E-state index contributed by atoms with van der Waals surface area (Å²) in [5, 5.41) is 10.6. The van der Waals surface area contributed by atoms with Gasteiger partial charge in [0.25, 0.3) is 0 Å². The number of phosphoric acid groups is 2. The highest BCUT2D eigenvalue weighted by Crippen LogP contribution is 2.45. The van der Waals surface area contributed by atoms with Crippen LogP contribution in [0.2, 0.25) is 0 Å². The molecule has 0 radical (unpaired) electrons. The lowest BCUT2D eigenvalue weighted by Crippen LogP contribution is -2.30. The summed E-state index contributed by atoms with van der Waals surface area (Å²) in [7, 11) is -9.91. The fraction of sp³-hybridized carbons (Fsp3) is 0.948. The van der Waals surface area contributed by atoms with Gasteiger partial charge in [0.2, 0.25) is 0 Å². The van der Waals surface area contributed by atoms with E-state index < -0.39 is 97.5 Å². The Morgan fingerprint density at radius 1 is 0.250 bits per heavy atom. The molecule has 570 valence electrons. The molecule has 0 aromatic rings. The van der Waals surface area contributed by atoms with Gasteiger partial charge in [0, 0.05) is 25.7 Å². The third kappa shape index (κ3) is 70.5. The molecule has 0 bridgehead atoms. The zero-order valence-electron chi connectivity index (χ0n) is 62.4. The molecule has 0 saturated carbocycles. The first-order valence-electron chi connectivity index (χ1n) is 40.3. The molecule has 0 rings (SSSR count). The zero-order chi connectivity index (χ0) is 70.4. The quantitative estimate of drug-likeness (QED) is 0.0222. The Kier molecular flexibility index (Phi) is 70.0. The third-order valence-corrected chi connectivity index (χ3v) is 20.0. The van der Waals surface area contributed by atoms with Crippen molar-refractivity contribution < 1.29 is 80.2 Å². The summed E-state index contributed by atoms with van der Waals surface area (Å²) < 4.78 is 68.5. The molecular weight excluding hydrogens is 1260 g/mol. The van der Waals surface area contributed by atoms with E-state index in [4.69, 9.17) is 37.0 Å². The number of rotatable bonds is 78. The number of ether oxygens (including phenoxy) is 4. The highest BCUT2D eigenvalue weighted by molar-refractivity contribution is 7.47. The first-order valence-corrected chi connectivity index (χ1v) is 43.3. The molecule has 0 heterocycles. The minimum Gasteiger partial charge on any atom is -0.462 e. The predicted molar refractivity (Wildman–Crippen MR) is 391 cm³/mol. The van der Waals surface area contributed by atoms with E-state index in [-0.39, 0.29) is 25.7 Å². The molecule has 0 spiro atoms. The van der Waals surface area contributed by atoms with E-state index in [2.05, 4.69) is 27.7 Å². The van der Waals surface area contributed by atoms with Crippen molar-refractivity contribution >= 4 is 39.5 Å². The summed E-state index contributed by atoms with van der Waals surface area (Å²) in [6.07, 6.45) is 62.4. The van der Waals surface area contributed by atoms with Crippen molar-refractivity contribution in [1.82, 2.24) is 0 Å². The maximum Gasteiger partial charge on any atom is 0.472 e. The van der Waals surface area contributed by atoms with E-state index in [1.54, 1.807) is 0 Å². The highest BCUT2D eigenvalue weighted by atomic mass is 31.2. The Balaban J connectivity index is 5.20. The van der Waals surface area contributed by atoms with Gasteiger partial charge in [0.05, 0.1) is 26.4 Å². The van der Waals surface area contributed by atoms with Crippen LogP contribution in [0.5, 0.6) is 0 Å². The second kappa shape index (κ2) is 71.5. The van der Waals surface area contributed by atoms with E-state index >= 15 is 0 Å². The number of hydrogen-bond donors (Lipinski definition) is 3. The Labute approximate surface area is 588 Å². The normalized spacial score (nSPS) is 13.9. The largest absolute Gasteiger partial charge is 0.472 e. The van der Waals surface area contributed by atoms with Gasteiger partial charge in [-0.25, -0.2) is 9.13 Å². The second-order valence-corrected chi connectivity index (χ2v) is 30.7. The van der Waals surface area contributed by atoms with Gasteiger partial charge in [-0.05, 0) is 25.7 Å². The molecule has 0 aliphatic rings. The van der Waals surface area contributed by atoms with Gasteiger partial charge in [-0.2, -0.15) is 0 Å². The summed E-state index contributed by atoms with van der Waals surface area (Å²) in [5.41, 5.74) is 0. The Hall–Kier alpha value is -1.94. The summed E-state index contributed by atoms with van der Waals surface area (Å²) in [6, 6.07) is 0. The molecule has 0 saturated heterocycles. The average molecular weight is 1410 g/mol. The van der Waals surface area contributed by atoms with Crippen LogP contribution in [0.1, 0.15) is 413 Å². The van der Waals surface area contributed by atoms with Crippen molar-refractivity contribution in [2.45, 2.75) is 431 Å². The van der Waals surface area contributed by atoms with E-state index in [0.717, 1.165) is 89.9 Å². The van der Waals surface area contributed by atoms with Gasteiger partial charge < -0.3 is 33.8 Å². The summed E-state index contributed by atoms with van der Waals surface area (Å²) in [5.74, 6) is -2.11. The van der Waals surface area contributed by atoms with Gasteiger partial charge >= 0.3 is 39.5 Å². The summed E-state index contributed by atoms with van der Waals surface area (Å²) >= 11 is 0. The molecule has 0 fully saturated rings. The molecule has 0 aromatic heterocycles. The Morgan fingerprint density at radius 3 is 0.615 bits per heavy atom. The van der Waals surface area contributed by atoms with Crippen molar-refractivity contribution in [2.75, 3.05) is 39.6 Å². The van der Waals surface area contributed by atoms with Crippen LogP contribution < -0.4 is 0 Å². The summed E-state index contributed by atoms with van der Waals surface area (Å²) in [4.78, 5) is 72.8. The topological polar surface area (TPSA) is 237 Å². The SMILES string of the molecule is CCCCCCCCCCCCCCCCCCCCCCC(=O)O[C@H](COC(=O)CCCCCCCCCCCCCCCCC)COP(=O)(O)OC[C@@H](O)COP(=O)(O)OC[C@@H](COC(=O)CCCCCCCCCCC)OC(=O)CCCCCCCCCCCCCC. The van der Waals surface area contributed by atoms with Crippen molar-refractivity contribution in [3.8, 4) is 0 Å². The molecule has 0 amide bonds. The van der Waals surface area contributed by atoms with Gasteiger partial charge in [-0.1, -0.05) is 362 Å². The van der Waals surface area contributed by atoms with Crippen LogP contribution in [0, 0.1) is 0 Å². The predicted octanol–water partition coefficient (Wildman–Crippen LogP) is 23.0. The smallest absolute Gasteiger partial charge is 0.462 e. The van der Waals surface area contributed by atoms with E-state index in [0.29, 0.717) is 25.7 Å². The molecule has 17 nitrogen and oxygen atoms in total. The van der Waals surface area contributed by atoms with Crippen LogP contribution in [0.15, 0.2) is 0 Å². The van der Waals surface area contributed by atoms with Crippen molar-refractivity contribution in [2.24, 2.45) is 0 Å². The zero-order valence-corrected chi connectivity index (χ0v) is 64.1. The lowest BCUT2D eigenvalue weighted by Gasteiger charge is -2.21. The second-order valence-electron chi connectivity index (χ2n) is 27.7. The minimum atomic E-state index is -4.96. The maximum absolute atomic E-state index is 13.1. The standard InChI is InChI=1S/C77H150O17P2/c1-5-9-13-17-21-25-28-31-33-34-35-36-37-39-41-44-48-52-56-60-64-77(82)94-73(68-88-75(80)62-58-54-50-46-43-40-38-32-29-26-22-18-14-10-6-2)70-92-96(85,86)90-66-71(78)65-89-95(83,84)91-69-72(67-87-74(79)61-57-53-49-45-24-20-16-12-8-4)93-76(81)63-59-55-51-47-42-30-27-23-19-15-11-7-3/h71-73,78H,5-70H2,1-4H3,(H,83,84)(H,85,86)/t71-,72+,73+/m0/s1. The fourth-order valence-corrected chi connectivity index (χ4v) is 13.5. The molecule has 0 aliphatic heterocycles. The number of unbranched alkanes of at least 4 members (excludes halogenated alkanes) is 52. The molecule has 19 heteroatoms. The van der Waals surface area contributed by atoms with Crippen LogP contribution in [-0.2, 0) is 65.4 Å². The minimum absolute atomic E-state index is 0.108. The van der Waals surface area contributed by atoms with E-state index in [9.17, 15) is 43.2 Å². The average Bonchev–Trinajstić information content (AvgIpc) is 1.83. The van der Waals surface area contributed by atoms with E-state index in [1.807, 2.05) is 0 Å². The number of aliphatic hydroxyl groups excluding tert-OH is 1. The number of phosphoric ester groups is 2. The molecule has 5 atom stereocenters. The number of esters is 4. The highest BCUT2D eigenvalue weighted by Gasteiger charge is 2.30. The molecule has 2 unspecified atom stereocenters. The number of carbonyl (C=O) groups excluding carboxylic acids is 4. The fourth-order valence-electron chi connectivity index (χ4n) is 11.9. The van der Waals surface area contributed by atoms with Crippen molar-refractivity contribution in [1.29, 1.82) is 0 Å². The molecule has 0 aromatic carbocycles. The lowest BCUT2D eigenvalue weighted by atomic mass is 10.0. The first kappa shape index (κ1) is 94.1. The van der Waals surface area contributed by atoms with Gasteiger partial charge in [0.15, 0.2) is 12.2 Å². The Bertz CT molecular complexity index is 1830. The first-order chi connectivity index (χ1) is 46.7. The maximum atomic E-state index is 13.1. The monoisotopic (exact) mass is 1410 g/mol. The summed E-state index contributed by atoms with van der Waals surface area (Å²) in [6.45, 7) is 4.98. The van der Waals surface area contributed by atoms with Crippen LogP contribution >= 0.6 is 15.6 Å². The molecule has 0 aliphatic carbocycles. The number of aliphatic hydroxyl groups is 1. The van der Waals surface area contributed by atoms with Crippen LogP contribution in [0.4, 0.5) is 0 Å². The van der Waals surface area contributed by atoms with Crippen LogP contribution in [-0.4, -0.2) is 96.7 Å². The van der Waals surface area contributed by atoms with Gasteiger partial charge in [-0.15, -0.1) is 0 Å². The number of hydrogen-bond acceptors (Lipinski definition) is 15. The lowest BCUT2D eigenvalue weighted by molar-refractivity contribution is -0.161. The van der Waals surface area contributed by atoms with Crippen molar-refractivity contribution in [3.05, 3.63) is 0 Å². The third-order valence-electron chi connectivity index (χ3n) is 18.1. The molecular formula is C77H150O17P2. The molecule has 96 heavy (non-hydrogen) atoms. The van der Waals surface area contributed by atoms with Crippen LogP contribution in [0.3, 0.4) is 0 Å². The van der Waals surface area contributed by atoms with Crippen molar-refractivity contribution in [3.63, 3.8) is 0 Å².